The Kier molecular flexibility index (Phi) is 5.98. The average Bonchev–Trinajstić information content (AvgIpc) is 2.75. The van der Waals surface area contributed by atoms with Crippen molar-refractivity contribution in [3.63, 3.8) is 0 Å². The summed E-state index contributed by atoms with van der Waals surface area (Å²) in [5, 5.41) is 15.0. The van der Waals surface area contributed by atoms with Crippen LogP contribution in [0, 0.1) is 17.1 Å². The molecule has 1 aliphatic rings. The number of nitrogens with zero attached hydrogens (tertiary/aromatic N) is 3. The Morgan fingerprint density at radius 2 is 2.03 bits per heavy atom. The van der Waals surface area contributed by atoms with Crippen molar-refractivity contribution < 1.29 is 4.39 Å². The molecule has 29 heavy (non-hydrogen) atoms. The van der Waals surface area contributed by atoms with E-state index in [1.807, 2.05) is 30.3 Å². The minimum atomic E-state index is -0.490. The molecule has 0 amide bonds. The van der Waals surface area contributed by atoms with E-state index in [-0.39, 0.29) is 5.56 Å². The summed E-state index contributed by atoms with van der Waals surface area (Å²) >= 11 is 1.91. The van der Waals surface area contributed by atoms with Gasteiger partial charge in [0, 0.05) is 48.4 Å². The number of piperidine rings is 1. The van der Waals surface area contributed by atoms with Gasteiger partial charge in [0.15, 0.2) is 0 Å². The molecule has 1 fully saturated rings. The van der Waals surface area contributed by atoms with Crippen molar-refractivity contribution >= 4 is 28.4 Å². The molecule has 0 aliphatic carbocycles. The molecule has 0 unspecified atom stereocenters. The van der Waals surface area contributed by atoms with Gasteiger partial charge in [-0.25, -0.2) is 4.39 Å². The van der Waals surface area contributed by atoms with Crippen molar-refractivity contribution in [2.75, 3.05) is 24.2 Å². The molecular formula is C23H23FN4S. The normalized spacial score (nSPS) is 15.3. The van der Waals surface area contributed by atoms with Crippen LogP contribution < -0.4 is 5.32 Å². The summed E-state index contributed by atoms with van der Waals surface area (Å²) in [6.45, 7) is 4.35. The fourth-order valence-electron chi connectivity index (χ4n) is 3.81. The molecule has 0 atom stereocenters. The van der Waals surface area contributed by atoms with E-state index in [9.17, 15) is 9.65 Å². The SMILES string of the molecule is CCSN1CCC(Nc2cc(-c3ccc(F)c(C#N)c3)cc3ccncc23)CC1. The average molecular weight is 407 g/mol. The van der Waals surface area contributed by atoms with E-state index in [0.717, 1.165) is 59.3 Å². The number of anilines is 1. The van der Waals surface area contributed by atoms with E-state index in [4.69, 9.17) is 0 Å². The molecule has 0 radical (unpaired) electrons. The van der Waals surface area contributed by atoms with E-state index in [1.165, 1.54) is 6.07 Å². The summed E-state index contributed by atoms with van der Waals surface area (Å²) in [4.78, 5) is 4.30. The Hall–Kier alpha value is -2.62. The Labute approximate surface area is 174 Å². The molecule has 3 aromatic rings. The third-order valence-corrected chi connectivity index (χ3v) is 6.29. The molecule has 1 aromatic heterocycles. The number of fused-ring (bicyclic) bond motifs is 1. The molecular weight excluding hydrogens is 383 g/mol. The molecule has 1 saturated heterocycles. The van der Waals surface area contributed by atoms with Crippen molar-refractivity contribution in [2.24, 2.45) is 0 Å². The highest BCUT2D eigenvalue weighted by molar-refractivity contribution is 7.96. The van der Waals surface area contributed by atoms with Crippen molar-refractivity contribution in [3.05, 3.63) is 60.2 Å². The van der Waals surface area contributed by atoms with Crippen LogP contribution in [0.2, 0.25) is 0 Å². The number of hydrogen-bond donors (Lipinski definition) is 1. The van der Waals surface area contributed by atoms with Crippen LogP contribution in [0.3, 0.4) is 0 Å². The monoisotopic (exact) mass is 406 g/mol. The second-order valence-corrected chi connectivity index (χ2v) is 8.54. The maximum atomic E-state index is 13.8. The van der Waals surface area contributed by atoms with Gasteiger partial charge < -0.3 is 5.32 Å². The van der Waals surface area contributed by atoms with Crippen molar-refractivity contribution in [3.8, 4) is 17.2 Å². The number of benzene rings is 2. The minimum Gasteiger partial charge on any atom is -0.382 e. The van der Waals surface area contributed by atoms with E-state index >= 15 is 0 Å². The predicted octanol–water partition coefficient (Wildman–Crippen LogP) is 5.46. The van der Waals surface area contributed by atoms with Gasteiger partial charge >= 0.3 is 0 Å². The number of pyridine rings is 1. The first kappa shape index (κ1) is 19.7. The van der Waals surface area contributed by atoms with Gasteiger partial charge in [-0.1, -0.05) is 24.9 Å². The van der Waals surface area contributed by atoms with Gasteiger partial charge in [0.2, 0.25) is 0 Å². The number of nitrogens with one attached hydrogen (secondary N) is 1. The molecule has 0 spiro atoms. The Bertz CT molecular complexity index is 1050. The van der Waals surface area contributed by atoms with Gasteiger partial charge in [-0.05, 0) is 59.7 Å². The predicted molar refractivity (Wildman–Crippen MR) is 118 cm³/mol. The van der Waals surface area contributed by atoms with Crippen LogP contribution in [0.5, 0.6) is 0 Å². The molecule has 2 heterocycles. The number of aromatic nitrogens is 1. The molecule has 2 aromatic carbocycles. The summed E-state index contributed by atoms with van der Waals surface area (Å²) in [5.74, 6) is 0.620. The van der Waals surface area contributed by atoms with E-state index in [0.29, 0.717) is 6.04 Å². The molecule has 4 nitrogen and oxygen atoms in total. The van der Waals surface area contributed by atoms with Crippen molar-refractivity contribution in [2.45, 2.75) is 25.8 Å². The summed E-state index contributed by atoms with van der Waals surface area (Å²) in [7, 11) is 0. The largest absolute Gasteiger partial charge is 0.382 e. The van der Waals surface area contributed by atoms with Crippen LogP contribution in [0.1, 0.15) is 25.3 Å². The molecule has 1 aliphatic heterocycles. The maximum Gasteiger partial charge on any atom is 0.140 e. The highest BCUT2D eigenvalue weighted by Crippen LogP contribution is 2.33. The second-order valence-electron chi connectivity index (χ2n) is 7.19. The van der Waals surface area contributed by atoms with Gasteiger partial charge in [0.05, 0.1) is 5.56 Å². The summed E-state index contributed by atoms with van der Waals surface area (Å²) in [6, 6.07) is 13.2. The quantitative estimate of drug-likeness (QED) is 0.571. The van der Waals surface area contributed by atoms with Crippen molar-refractivity contribution in [1.29, 1.82) is 5.26 Å². The van der Waals surface area contributed by atoms with Gasteiger partial charge in [-0.3, -0.25) is 9.29 Å². The molecule has 0 bridgehead atoms. The Balaban J connectivity index is 1.66. The van der Waals surface area contributed by atoms with Gasteiger partial charge in [-0.15, -0.1) is 0 Å². The number of rotatable bonds is 5. The van der Waals surface area contributed by atoms with Crippen LogP contribution in [-0.2, 0) is 0 Å². The Morgan fingerprint density at radius 3 is 2.79 bits per heavy atom. The zero-order valence-electron chi connectivity index (χ0n) is 16.4. The van der Waals surface area contributed by atoms with E-state index < -0.39 is 5.82 Å². The lowest BCUT2D eigenvalue weighted by Crippen LogP contribution is -2.35. The van der Waals surface area contributed by atoms with E-state index in [1.54, 1.807) is 18.3 Å². The molecule has 148 valence electrons. The molecule has 1 N–H and O–H groups in total. The first-order chi connectivity index (χ1) is 14.2. The number of hydrogen-bond acceptors (Lipinski definition) is 5. The second kappa shape index (κ2) is 8.81. The maximum absolute atomic E-state index is 13.8. The molecule has 4 rings (SSSR count). The van der Waals surface area contributed by atoms with Crippen LogP contribution in [0.4, 0.5) is 10.1 Å². The molecule has 0 saturated carbocycles. The fourth-order valence-corrected chi connectivity index (χ4v) is 4.64. The standard InChI is InChI=1S/C23H23FN4S/c1-2-29-28-9-6-20(7-10-28)27-23-13-18(12-17-5-8-26-15-21(17)23)16-3-4-22(24)19(11-16)14-25/h3-5,8,11-13,15,20,27H,2,6-7,9-10H2,1H3. The lowest BCUT2D eigenvalue weighted by atomic mass is 9.98. The first-order valence-electron chi connectivity index (χ1n) is 9.90. The lowest BCUT2D eigenvalue weighted by Gasteiger charge is -2.32. The number of nitriles is 1. The summed E-state index contributed by atoms with van der Waals surface area (Å²) in [6.07, 6.45) is 5.85. The van der Waals surface area contributed by atoms with Crippen LogP contribution in [-0.4, -0.2) is 34.2 Å². The van der Waals surface area contributed by atoms with Gasteiger partial charge in [0.25, 0.3) is 0 Å². The first-order valence-corrected chi connectivity index (χ1v) is 10.8. The van der Waals surface area contributed by atoms with Crippen LogP contribution >= 0.6 is 11.9 Å². The van der Waals surface area contributed by atoms with E-state index in [2.05, 4.69) is 33.7 Å². The number of halogens is 1. The third kappa shape index (κ3) is 4.36. The van der Waals surface area contributed by atoms with Crippen LogP contribution in [0.15, 0.2) is 48.8 Å². The highest BCUT2D eigenvalue weighted by atomic mass is 32.2. The van der Waals surface area contributed by atoms with Crippen molar-refractivity contribution in [1.82, 2.24) is 9.29 Å². The van der Waals surface area contributed by atoms with Gasteiger partial charge in [0.1, 0.15) is 11.9 Å². The minimum absolute atomic E-state index is 0.0626. The third-order valence-electron chi connectivity index (χ3n) is 5.30. The van der Waals surface area contributed by atoms with Crippen LogP contribution in [0.25, 0.3) is 21.9 Å². The summed E-state index contributed by atoms with van der Waals surface area (Å²) < 4.78 is 16.2. The summed E-state index contributed by atoms with van der Waals surface area (Å²) in [5.41, 5.74) is 2.89. The zero-order valence-corrected chi connectivity index (χ0v) is 17.2. The topological polar surface area (TPSA) is 52.0 Å². The molecule has 6 heteroatoms. The fraction of sp³-hybridized carbons (Fsp3) is 0.304. The van der Waals surface area contributed by atoms with Gasteiger partial charge in [-0.2, -0.15) is 5.26 Å². The smallest absolute Gasteiger partial charge is 0.140 e. The Morgan fingerprint density at radius 1 is 1.21 bits per heavy atom. The lowest BCUT2D eigenvalue weighted by molar-refractivity contribution is 0.359. The zero-order chi connectivity index (χ0) is 20.2. The highest BCUT2D eigenvalue weighted by Gasteiger charge is 2.20.